The molecule has 0 spiro atoms. The number of halogens is 1. The highest BCUT2D eigenvalue weighted by molar-refractivity contribution is 9.10. The number of aromatic amines is 1. The van der Waals surface area contributed by atoms with Crippen molar-refractivity contribution in [2.24, 2.45) is 10.1 Å². The summed E-state index contributed by atoms with van der Waals surface area (Å²) in [6.07, 6.45) is 1.75. The smallest absolute Gasteiger partial charge is 0.190 e. The second-order valence-electron chi connectivity index (χ2n) is 5.82. The van der Waals surface area contributed by atoms with Crippen LogP contribution in [0.15, 0.2) is 93.4 Å². The first-order chi connectivity index (χ1) is 13.3. The number of amidine groups is 1. The highest BCUT2D eigenvalue weighted by Gasteiger charge is 2.09. The molecule has 27 heavy (non-hydrogen) atoms. The topological polar surface area (TPSA) is 65.4 Å². The SMILES string of the molecule is Brc1ccc(/C=N/NC(=Nc2ccccc2)c2nc3ccccc3[nH]2)cc1. The number of hydrazone groups is 1. The van der Waals surface area contributed by atoms with Crippen molar-refractivity contribution in [3.63, 3.8) is 0 Å². The molecule has 2 N–H and O–H groups in total. The van der Waals surface area contributed by atoms with Gasteiger partial charge in [0, 0.05) is 4.47 Å². The average Bonchev–Trinajstić information content (AvgIpc) is 3.14. The summed E-state index contributed by atoms with van der Waals surface area (Å²) in [6.45, 7) is 0. The van der Waals surface area contributed by atoms with E-state index in [0.29, 0.717) is 11.7 Å². The van der Waals surface area contributed by atoms with Gasteiger partial charge >= 0.3 is 0 Å². The van der Waals surface area contributed by atoms with E-state index in [0.717, 1.165) is 26.8 Å². The van der Waals surface area contributed by atoms with Crippen LogP contribution in [-0.4, -0.2) is 22.0 Å². The summed E-state index contributed by atoms with van der Waals surface area (Å²) in [5, 5.41) is 4.33. The molecule has 3 aromatic carbocycles. The Morgan fingerprint density at radius 2 is 1.67 bits per heavy atom. The van der Waals surface area contributed by atoms with Crippen molar-refractivity contribution in [1.29, 1.82) is 0 Å². The molecule has 0 radical (unpaired) electrons. The van der Waals surface area contributed by atoms with Gasteiger partial charge < -0.3 is 4.98 Å². The fourth-order valence-corrected chi connectivity index (χ4v) is 2.81. The molecular weight excluding hydrogens is 402 g/mol. The summed E-state index contributed by atoms with van der Waals surface area (Å²) >= 11 is 3.43. The van der Waals surface area contributed by atoms with Gasteiger partial charge in [-0.1, -0.05) is 58.4 Å². The number of aromatic nitrogens is 2. The van der Waals surface area contributed by atoms with Crippen LogP contribution in [0, 0.1) is 0 Å². The number of imidazole rings is 1. The van der Waals surface area contributed by atoms with Crippen molar-refractivity contribution in [1.82, 2.24) is 15.4 Å². The predicted octanol–water partition coefficient (Wildman–Crippen LogP) is 5.03. The van der Waals surface area contributed by atoms with Crippen molar-refractivity contribution < 1.29 is 0 Å². The molecule has 0 aliphatic rings. The Labute approximate surface area is 165 Å². The lowest BCUT2D eigenvalue weighted by Crippen LogP contribution is -2.20. The van der Waals surface area contributed by atoms with Crippen LogP contribution in [-0.2, 0) is 0 Å². The van der Waals surface area contributed by atoms with Gasteiger partial charge in [0.1, 0.15) is 0 Å². The summed E-state index contributed by atoms with van der Waals surface area (Å²) in [7, 11) is 0. The van der Waals surface area contributed by atoms with Crippen LogP contribution < -0.4 is 5.43 Å². The van der Waals surface area contributed by atoms with Crippen LogP contribution in [0.5, 0.6) is 0 Å². The van der Waals surface area contributed by atoms with E-state index in [1.54, 1.807) is 6.21 Å². The predicted molar refractivity (Wildman–Crippen MR) is 114 cm³/mol. The molecule has 4 aromatic rings. The van der Waals surface area contributed by atoms with Gasteiger partial charge in [-0.05, 0) is 42.0 Å². The molecule has 0 bridgehead atoms. The molecule has 0 saturated carbocycles. The molecule has 0 atom stereocenters. The molecule has 132 valence electrons. The number of benzene rings is 3. The molecule has 1 aromatic heterocycles. The second-order valence-corrected chi connectivity index (χ2v) is 6.74. The molecule has 0 amide bonds. The Hall–Kier alpha value is -3.25. The number of rotatable bonds is 4. The first-order valence-corrected chi connectivity index (χ1v) is 9.21. The number of fused-ring (bicyclic) bond motifs is 1. The van der Waals surface area contributed by atoms with Crippen LogP contribution >= 0.6 is 15.9 Å². The second kappa shape index (κ2) is 7.97. The minimum Gasteiger partial charge on any atom is -0.335 e. The van der Waals surface area contributed by atoms with Crippen LogP contribution in [0.4, 0.5) is 5.69 Å². The van der Waals surface area contributed by atoms with E-state index in [4.69, 9.17) is 0 Å². The van der Waals surface area contributed by atoms with Crippen LogP contribution in [0.25, 0.3) is 11.0 Å². The Morgan fingerprint density at radius 3 is 2.44 bits per heavy atom. The van der Waals surface area contributed by atoms with E-state index in [2.05, 4.69) is 41.4 Å². The quantitative estimate of drug-likeness (QED) is 0.278. The van der Waals surface area contributed by atoms with Crippen molar-refractivity contribution in [3.05, 3.63) is 94.7 Å². The summed E-state index contributed by atoms with van der Waals surface area (Å²) in [5.74, 6) is 1.18. The average molecular weight is 418 g/mol. The minimum absolute atomic E-state index is 0.547. The normalized spacial score (nSPS) is 12.0. The van der Waals surface area contributed by atoms with Gasteiger partial charge in [-0.15, -0.1) is 0 Å². The van der Waals surface area contributed by atoms with E-state index in [1.807, 2.05) is 78.9 Å². The lowest BCUT2D eigenvalue weighted by atomic mass is 10.2. The first-order valence-electron chi connectivity index (χ1n) is 8.41. The molecule has 5 nitrogen and oxygen atoms in total. The Balaban J connectivity index is 1.65. The van der Waals surface area contributed by atoms with Crippen LogP contribution in [0.3, 0.4) is 0 Å². The standard InChI is InChI=1S/C21H16BrN5/c22-16-12-10-15(11-13-16)14-23-27-21(24-17-6-2-1-3-7-17)20-25-18-8-4-5-9-19(18)26-20/h1-14H,(H,24,27)(H,25,26)/b23-14+. The molecule has 0 saturated heterocycles. The Morgan fingerprint density at radius 1 is 0.926 bits per heavy atom. The number of nitrogens with one attached hydrogen (secondary N) is 2. The fraction of sp³-hybridized carbons (Fsp3) is 0. The van der Waals surface area contributed by atoms with Gasteiger partial charge in [-0.2, -0.15) is 5.10 Å². The molecule has 4 rings (SSSR count). The maximum atomic E-state index is 4.66. The van der Waals surface area contributed by atoms with E-state index in [1.165, 1.54) is 0 Å². The van der Waals surface area contributed by atoms with Crippen molar-refractivity contribution >= 4 is 44.7 Å². The molecular formula is C21H16BrN5. The maximum absolute atomic E-state index is 4.66. The molecule has 1 heterocycles. The third-order valence-electron chi connectivity index (χ3n) is 3.86. The van der Waals surface area contributed by atoms with Crippen molar-refractivity contribution in [2.45, 2.75) is 0 Å². The zero-order chi connectivity index (χ0) is 18.5. The molecule has 0 fully saturated rings. The van der Waals surface area contributed by atoms with E-state index in [9.17, 15) is 0 Å². The van der Waals surface area contributed by atoms with E-state index in [-0.39, 0.29) is 0 Å². The summed E-state index contributed by atoms with van der Waals surface area (Å²) in [5.41, 5.74) is 6.65. The lowest BCUT2D eigenvalue weighted by molar-refractivity contribution is 1.01. The van der Waals surface area contributed by atoms with E-state index < -0.39 is 0 Å². The zero-order valence-electron chi connectivity index (χ0n) is 14.3. The highest BCUT2D eigenvalue weighted by Crippen LogP contribution is 2.14. The monoisotopic (exact) mass is 417 g/mol. The van der Waals surface area contributed by atoms with Crippen molar-refractivity contribution in [2.75, 3.05) is 0 Å². The summed E-state index contributed by atoms with van der Waals surface area (Å²) in [6, 6.07) is 25.5. The number of para-hydroxylation sites is 3. The zero-order valence-corrected chi connectivity index (χ0v) is 15.9. The minimum atomic E-state index is 0.547. The number of nitrogens with zero attached hydrogens (tertiary/aromatic N) is 3. The molecule has 0 aliphatic heterocycles. The highest BCUT2D eigenvalue weighted by atomic mass is 79.9. The third-order valence-corrected chi connectivity index (χ3v) is 4.39. The third kappa shape index (κ3) is 4.30. The van der Waals surface area contributed by atoms with Gasteiger partial charge in [0.15, 0.2) is 11.7 Å². The van der Waals surface area contributed by atoms with Gasteiger partial charge in [0.2, 0.25) is 0 Å². The fourth-order valence-electron chi connectivity index (χ4n) is 2.54. The largest absolute Gasteiger partial charge is 0.335 e. The number of H-pyrrole nitrogens is 1. The number of hydrogen-bond donors (Lipinski definition) is 2. The maximum Gasteiger partial charge on any atom is 0.190 e. The Bertz CT molecular complexity index is 1070. The number of aliphatic imine (C=N–C) groups is 1. The van der Waals surface area contributed by atoms with Crippen LogP contribution in [0.2, 0.25) is 0 Å². The van der Waals surface area contributed by atoms with Gasteiger partial charge in [-0.3, -0.25) is 5.43 Å². The van der Waals surface area contributed by atoms with Gasteiger partial charge in [0.25, 0.3) is 0 Å². The Kier molecular flexibility index (Phi) is 5.07. The van der Waals surface area contributed by atoms with E-state index >= 15 is 0 Å². The van der Waals surface area contributed by atoms with Gasteiger partial charge in [0.05, 0.1) is 22.9 Å². The molecule has 0 unspecified atom stereocenters. The summed E-state index contributed by atoms with van der Waals surface area (Å²) in [4.78, 5) is 12.6. The molecule has 0 aliphatic carbocycles. The van der Waals surface area contributed by atoms with Crippen molar-refractivity contribution in [3.8, 4) is 0 Å². The van der Waals surface area contributed by atoms with Crippen LogP contribution in [0.1, 0.15) is 11.4 Å². The van der Waals surface area contributed by atoms with Gasteiger partial charge in [-0.25, -0.2) is 9.98 Å². The molecule has 6 heteroatoms. The summed E-state index contributed by atoms with van der Waals surface area (Å²) < 4.78 is 1.03. The lowest BCUT2D eigenvalue weighted by Gasteiger charge is -2.03. The number of hydrogen-bond acceptors (Lipinski definition) is 3. The first kappa shape index (κ1) is 17.2.